The highest BCUT2D eigenvalue weighted by Crippen LogP contribution is 2.27. The smallest absolute Gasteiger partial charge is 0.407 e. The van der Waals surface area contributed by atoms with Gasteiger partial charge in [-0.05, 0) is 48.7 Å². The van der Waals surface area contributed by atoms with Gasteiger partial charge >= 0.3 is 12.1 Å². The Bertz CT molecular complexity index is 1090. The second-order valence-corrected chi connectivity index (χ2v) is 9.39. The molecular weight excluding hydrogens is 436 g/mol. The first-order chi connectivity index (χ1) is 15.2. The Morgan fingerprint density at radius 3 is 2.22 bits per heavy atom. The molecule has 9 nitrogen and oxygen atoms in total. The third-order valence-corrected chi connectivity index (χ3v) is 7.54. The predicted molar refractivity (Wildman–Crippen MR) is 116 cm³/mol. The van der Waals surface area contributed by atoms with Crippen molar-refractivity contribution in [1.29, 1.82) is 0 Å². The van der Waals surface area contributed by atoms with Crippen LogP contribution in [0, 0.1) is 0 Å². The summed E-state index contributed by atoms with van der Waals surface area (Å²) in [4.78, 5) is 24.0. The van der Waals surface area contributed by atoms with E-state index in [2.05, 4.69) is 6.92 Å². The molecule has 0 saturated carbocycles. The average molecular weight is 463 g/mol. The Kier molecular flexibility index (Phi) is 7.05. The van der Waals surface area contributed by atoms with Gasteiger partial charge < -0.3 is 19.8 Å². The van der Waals surface area contributed by atoms with E-state index in [1.54, 1.807) is 0 Å². The van der Waals surface area contributed by atoms with Gasteiger partial charge in [-0.1, -0.05) is 31.2 Å². The van der Waals surface area contributed by atoms with Crippen molar-refractivity contribution in [3.8, 4) is 5.75 Å². The summed E-state index contributed by atoms with van der Waals surface area (Å²) in [5.41, 5.74) is 2.21. The van der Waals surface area contributed by atoms with Crippen LogP contribution in [-0.2, 0) is 27.8 Å². The largest absolute Gasteiger partial charge is 0.489 e. The minimum Gasteiger partial charge on any atom is -0.489 e. The van der Waals surface area contributed by atoms with Gasteiger partial charge in [0.05, 0.1) is 10.9 Å². The number of aryl methyl sites for hydroxylation is 1. The van der Waals surface area contributed by atoms with Crippen molar-refractivity contribution >= 4 is 22.1 Å². The lowest BCUT2D eigenvalue weighted by Gasteiger charge is -2.42. The van der Waals surface area contributed by atoms with Crippen LogP contribution in [0.1, 0.15) is 25.0 Å². The Morgan fingerprint density at radius 1 is 1.03 bits per heavy atom. The van der Waals surface area contributed by atoms with Gasteiger partial charge in [-0.15, -0.1) is 0 Å². The molecule has 1 aliphatic heterocycles. The van der Waals surface area contributed by atoms with Gasteiger partial charge in [-0.25, -0.2) is 13.2 Å². The molecule has 32 heavy (non-hydrogen) atoms. The number of hydrogen-bond acceptors (Lipinski definition) is 5. The summed E-state index contributed by atoms with van der Waals surface area (Å²) in [5.74, 6) is -0.921. The van der Waals surface area contributed by atoms with E-state index >= 15 is 0 Å². The number of sulfonamides is 1. The molecule has 2 N–H and O–H groups in total. The van der Waals surface area contributed by atoms with E-state index in [1.165, 1.54) is 36.8 Å². The SMILES string of the molecule is CCc1ccccc1COc1ccc(S(=O)(=O)N2CCN(C(=O)O)C(C)C2C(=O)O)cc1. The van der Waals surface area contributed by atoms with Crippen molar-refractivity contribution in [2.75, 3.05) is 13.1 Å². The van der Waals surface area contributed by atoms with Crippen LogP contribution in [0.5, 0.6) is 5.75 Å². The van der Waals surface area contributed by atoms with Crippen molar-refractivity contribution in [3.63, 3.8) is 0 Å². The Morgan fingerprint density at radius 2 is 1.66 bits per heavy atom. The molecule has 10 heteroatoms. The summed E-state index contributed by atoms with van der Waals surface area (Å²) in [6, 6.07) is 11.1. The maximum atomic E-state index is 13.2. The number of amides is 1. The Hall–Kier alpha value is -3.11. The topological polar surface area (TPSA) is 124 Å². The summed E-state index contributed by atoms with van der Waals surface area (Å²) in [7, 11) is -4.16. The van der Waals surface area contributed by atoms with E-state index in [4.69, 9.17) is 4.74 Å². The van der Waals surface area contributed by atoms with E-state index in [-0.39, 0.29) is 18.0 Å². The number of benzene rings is 2. The van der Waals surface area contributed by atoms with Crippen LogP contribution in [0.15, 0.2) is 53.4 Å². The third kappa shape index (κ3) is 4.71. The zero-order valence-electron chi connectivity index (χ0n) is 17.8. The standard InChI is InChI=1S/C22H26N2O7S/c1-3-16-6-4-5-7-17(16)14-31-18-8-10-19(11-9-18)32(29,30)24-13-12-23(22(27)28)15(2)20(24)21(25)26/h4-11,15,20H,3,12-14H2,1-2H3,(H,25,26)(H,27,28). The molecule has 2 aromatic carbocycles. The second kappa shape index (κ2) is 9.58. The highest BCUT2D eigenvalue weighted by Gasteiger charge is 2.46. The first-order valence-corrected chi connectivity index (χ1v) is 11.6. The van der Waals surface area contributed by atoms with Crippen LogP contribution >= 0.6 is 0 Å². The molecule has 0 spiro atoms. The van der Waals surface area contributed by atoms with Crippen LogP contribution in [-0.4, -0.2) is 65.1 Å². The van der Waals surface area contributed by atoms with Gasteiger partial charge in [0.1, 0.15) is 18.4 Å². The Balaban J connectivity index is 1.78. The molecule has 172 valence electrons. The lowest BCUT2D eigenvalue weighted by molar-refractivity contribution is -0.144. The van der Waals surface area contributed by atoms with Gasteiger partial charge in [0, 0.05) is 13.1 Å². The molecule has 0 bridgehead atoms. The monoisotopic (exact) mass is 462 g/mol. The van der Waals surface area contributed by atoms with Crippen molar-refractivity contribution in [3.05, 3.63) is 59.7 Å². The maximum Gasteiger partial charge on any atom is 0.407 e. The highest BCUT2D eigenvalue weighted by atomic mass is 32.2. The fraction of sp³-hybridized carbons (Fsp3) is 0.364. The van der Waals surface area contributed by atoms with Crippen LogP contribution in [0.3, 0.4) is 0 Å². The molecule has 2 unspecified atom stereocenters. The summed E-state index contributed by atoms with van der Waals surface area (Å²) in [5, 5.41) is 18.9. The molecular formula is C22H26N2O7S. The minimum absolute atomic E-state index is 0.0824. The van der Waals surface area contributed by atoms with Crippen molar-refractivity contribution < 1.29 is 33.0 Å². The van der Waals surface area contributed by atoms with Crippen LogP contribution < -0.4 is 4.74 Å². The molecule has 0 aliphatic carbocycles. The zero-order valence-corrected chi connectivity index (χ0v) is 18.7. The van der Waals surface area contributed by atoms with Crippen LogP contribution in [0.4, 0.5) is 4.79 Å². The summed E-state index contributed by atoms with van der Waals surface area (Å²) < 4.78 is 33.0. The number of carboxylic acid groups (broad SMARTS) is 2. The van der Waals surface area contributed by atoms with Crippen molar-refractivity contribution in [2.24, 2.45) is 0 Å². The van der Waals surface area contributed by atoms with Crippen LogP contribution in [0.2, 0.25) is 0 Å². The van der Waals surface area contributed by atoms with E-state index < -0.39 is 34.2 Å². The number of piperazine rings is 1. The average Bonchev–Trinajstić information content (AvgIpc) is 2.77. The number of ether oxygens (including phenoxy) is 1. The molecule has 0 aromatic heterocycles. The van der Waals surface area contributed by atoms with Crippen LogP contribution in [0.25, 0.3) is 0 Å². The van der Waals surface area contributed by atoms with Gasteiger partial charge in [0.15, 0.2) is 0 Å². The number of hydrogen-bond donors (Lipinski definition) is 2. The minimum atomic E-state index is -4.16. The lowest BCUT2D eigenvalue weighted by atomic mass is 10.1. The number of carboxylic acids is 1. The van der Waals surface area contributed by atoms with Gasteiger partial charge in [-0.3, -0.25) is 4.79 Å². The molecule has 2 aromatic rings. The zero-order chi connectivity index (χ0) is 23.5. The number of nitrogens with zero attached hydrogens (tertiary/aromatic N) is 2. The van der Waals surface area contributed by atoms with Crippen molar-refractivity contribution in [1.82, 2.24) is 9.21 Å². The highest BCUT2D eigenvalue weighted by molar-refractivity contribution is 7.89. The summed E-state index contributed by atoms with van der Waals surface area (Å²) in [6.45, 7) is 3.42. The van der Waals surface area contributed by atoms with E-state index in [9.17, 15) is 28.2 Å². The molecule has 1 heterocycles. The maximum absolute atomic E-state index is 13.2. The van der Waals surface area contributed by atoms with E-state index in [0.717, 1.165) is 21.2 Å². The van der Waals surface area contributed by atoms with Gasteiger partial charge in [-0.2, -0.15) is 4.31 Å². The molecule has 1 fully saturated rings. The second-order valence-electron chi connectivity index (χ2n) is 7.50. The normalized spacial score (nSPS) is 19.5. The number of rotatable bonds is 7. The molecule has 3 rings (SSSR count). The Labute approximate surface area is 186 Å². The first kappa shape index (κ1) is 23.6. The van der Waals surface area contributed by atoms with Gasteiger partial charge in [0.2, 0.25) is 10.0 Å². The molecule has 2 atom stereocenters. The number of aliphatic carboxylic acids is 1. The first-order valence-electron chi connectivity index (χ1n) is 10.2. The number of carbonyl (C=O) groups is 2. The predicted octanol–water partition coefficient (Wildman–Crippen LogP) is 2.65. The quantitative estimate of drug-likeness (QED) is 0.648. The van der Waals surface area contributed by atoms with Gasteiger partial charge in [0.25, 0.3) is 0 Å². The molecule has 1 aliphatic rings. The fourth-order valence-corrected chi connectivity index (χ4v) is 5.51. The summed E-state index contributed by atoms with van der Waals surface area (Å²) in [6.07, 6.45) is -0.415. The van der Waals surface area contributed by atoms with E-state index in [0.29, 0.717) is 12.4 Å². The summed E-state index contributed by atoms with van der Waals surface area (Å²) >= 11 is 0. The van der Waals surface area contributed by atoms with E-state index in [1.807, 2.05) is 24.3 Å². The lowest BCUT2D eigenvalue weighted by Crippen LogP contribution is -2.63. The third-order valence-electron chi connectivity index (χ3n) is 5.64. The fourth-order valence-electron chi connectivity index (χ4n) is 3.88. The molecule has 0 radical (unpaired) electrons. The molecule has 1 amide bonds. The molecule has 1 saturated heterocycles. The van der Waals surface area contributed by atoms with Crippen molar-refractivity contribution in [2.45, 2.75) is 43.9 Å².